The molecular weight excluding hydrogens is 386 g/mol. The van der Waals surface area contributed by atoms with Gasteiger partial charge in [0.2, 0.25) is 0 Å². The van der Waals surface area contributed by atoms with E-state index in [9.17, 15) is 4.79 Å². The number of nitrogens with zero attached hydrogens (tertiary/aromatic N) is 1. The molecule has 2 aromatic carbocycles. The molecule has 4 heteroatoms. The van der Waals surface area contributed by atoms with Gasteiger partial charge in [-0.3, -0.25) is 4.90 Å². The van der Waals surface area contributed by atoms with Crippen LogP contribution in [0.3, 0.4) is 0 Å². The van der Waals surface area contributed by atoms with Crippen LogP contribution in [-0.4, -0.2) is 25.9 Å². The minimum Gasteiger partial charge on any atom is -0.497 e. The van der Waals surface area contributed by atoms with Crippen LogP contribution in [0.5, 0.6) is 5.75 Å². The summed E-state index contributed by atoms with van der Waals surface area (Å²) in [6.45, 7) is 3.19. The molecule has 3 aliphatic carbocycles. The third kappa shape index (κ3) is 2.83. The summed E-state index contributed by atoms with van der Waals surface area (Å²) in [5.41, 5.74) is 4.07. The van der Waals surface area contributed by atoms with Crippen molar-refractivity contribution in [2.75, 3.05) is 18.6 Å². The SMILES string of the molecule is COc1ccc2c(c1)CC[C@@H]1[C@@H]2CC[C@@]2(C)[C@H]1C[C@H]1CN(c3ccccc3)C(=O)O[C@@H]12. The molecule has 0 radical (unpaired) electrons. The highest BCUT2D eigenvalue weighted by Crippen LogP contribution is 2.63. The zero-order chi connectivity index (χ0) is 21.2. The zero-order valence-corrected chi connectivity index (χ0v) is 18.4. The normalized spacial score (nSPS) is 36.0. The fourth-order valence-corrected chi connectivity index (χ4v) is 7.52. The standard InChI is InChI=1S/C27H31NO3/c1-27-13-12-22-21-11-9-20(30-2)14-17(21)8-10-23(22)24(27)15-18-16-28(26(29)31-25(18)27)19-6-4-3-5-7-19/h3-7,9,11,14,18,22-25H,8,10,12-13,15-16H2,1-2H3/t18-,22+,23+,24-,25-,27-/m0/s1. The van der Waals surface area contributed by atoms with Gasteiger partial charge in [-0.1, -0.05) is 31.2 Å². The lowest BCUT2D eigenvalue weighted by atomic mass is 9.55. The molecule has 4 aliphatic rings. The van der Waals surface area contributed by atoms with Crippen molar-refractivity contribution < 1.29 is 14.3 Å². The largest absolute Gasteiger partial charge is 0.497 e. The molecule has 2 saturated carbocycles. The number of ether oxygens (including phenoxy) is 2. The van der Waals surface area contributed by atoms with Gasteiger partial charge >= 0.3 is 6.09 Å². The average molecular weight is 418 g/mol. The Morgan fingerprint density at radius 3 is 2.77 bits per heavy atom. The van der Waals surface area contributed by atoms with E-state index in [-0.39, 0.29) is 17.6 Å². The van der Waals surface area contributed by atoms with Crippen LogP contribution in [0.2, 0.25) is 0 Å². The van der Waals surface area contributed by atoms with Crippen molar-refractivity contribution in [1.29, 1.82) is 0 Å². The average Bonchev–Trinajstić information content (AvgIpc) is 3.10. The Labute approximate surface area is 184 Å². The summed E-state index contributed by atoms with van der Waals surface area (Å²) in [5.74, 6) is 3.34. The van der Waals surface area contributed by atoms with E-state index in [1.807, 2.05) is 35.2 Å². The van der Waals surface area contributed by atoms with Gasteiger partial charge in [0.25, 0.3) is 0 Å². The zero-order valence-electron chi connectivity index (χ0n) is 18.4. The third-order valence-electron chi connectivity index (χ3n) is 8.94. The number of hydrogen-bond donors (Lipinski definition) is 0. The smallest absolute Gasteiger partial charge is 0.414 e. The van der Waals surface area contributed by atoms with E-state index >= 15 is 0 Å². The molecular formula is C27H31NO3. The molecule has 0 bridgehead atoms. The van der Waals surface area contributed by atoms with Crippen molar-refractivity contribution in [2.24, 2.45) is 23.2 Å². The summed E-state index contributed by atoms with van der Waals surface area (Å²) < 4.78 is 11.7. The number of aryl methyl sites for hydroxylation is 1. The molecule has 1 saturated heterocycles. The number of benzene rings is 2. The second kappa shape index (κ2) is 7.01. The Bertz CT molecular complexity index is 1000. The van der Waals surface area contributed by atoms with Gasteiger partial charge in [0.05, 0.1) is 7.11 Å². The van der Waals surface area contributed by atoms with Gasteiger partial charge < -0.3 is 9.47 Å². The highest BCUT2D eigenvalue weighted by molar-refractivity contribution is 5.88. The van der Waals surface area contributed by atoms with E-state index in [0.29, 0.717) is 23.7 Å². The van der Waals surface area contributed by atoms with E-state index in [1.54, 1.807) is 7.11 Å². The monoisotopic (exact) mass is 417 g/mol. The molecule has 6 atom stereocenters. The van der Waals surface area contributed by atoms with E-state index < -0.39 is 0 Å². The maximum Gasteiger partial charge on any atom is 0.414 e. The second-order valence-corrected chi connectivity index (χ2v) is 10.3. The number of carbonyl (C=O) groups excluding carboxylic acids is 1. The molecule has 3 fully saturated rings. The predicted molar refractivity (Wildman–Crippen MR) is 121 cm³/mol. The van der Waals surface area contributed by atoms with Crippen molar-refractivity contribution in [3.8, 4) is 5.75 Å². The van der Waals surface area contributed by atoms with E-state index in [2.05, 4.69) is 25.1 Å². The molecule has 1 heterocycles. The van der Waals surface area contributed by atoms with Gasteiger partial charge in [-0.2, -0.15) is 0 Å². The molecule has 2 aromatic rings. The highest BCUT2D eigenvalue weighted by atomic mass is 16.6. The Kier molecular flexibility index (Phi) is 4.35. The summed E-state index contributed by atoms with van der Waals surface area (Å²) in [6.07, 6.45) is 5.77. The molecule has 0 unspecified atom stereocenters. The van der Waals surface area contributed by atoms with E-state index in [1.165, 1.54) is 30.4 Å². The minimum absolute atomic E-state index is 0.0585. The van der Waals surface area contributed by atoms with Crippen LogP contribution in [0.25, 0.3) is 0 Å². The van der Waals surface area contributed by atoms with Crippen LogP contribution < -0.4 is 9.64 Å². The molecule has 31 heavy (non-hydrogen) atoms. The number of anilines is 1. The second-order valence-electron chi connectivity index (χ2n) is 10.3. The van der Waals surface area contributed by atoms with Crippen molar-refractivity contribution >= 4 is 11.8 Å². The Morgan fingerprint density at radius 1 is 1.13 bits per heavy atom. The maximum absolute atomic E-state index is 13.0. The van der Waals surface area contributed by atoms with Crippen LogP contribution >= 0.6 is 0 Å². The van der Waals surface area contributed by atoms with Crippen LogP contribution in [0.15, 0.2) is 48.5 Å². The summed E-state index contributed by atoms with van der Waals surface area (Å²) >= 11 is 0. The number of fused-ring (bicyclic) bond motifs is 7. The first-order chi connectivity index (χ1) is 15.1. The van der Waals surface area contributed by atoms with Gasteiger partial charge in [0.15, 0.2) is 0 Å². The van der Waals surface area contributed by atoms with Gasteiger partial charge in [0.1, 0.15) is 11.9 Å². The third-order valence-corrected chi connectivity index (χ3v) is 8.94. The lowest BCUT2D eigenvalue weighted by Gasteiger charge is -2.51. The van der Waals surface area contributed by atoms with E-state index in [4.69, 9.17) is 9.47 Å². The number of amides is 1. The lowest BCUT2D eigenvalue weighted by Crippen LogP contribution is -2.52. The Morgan fingerprint density at radius 2 is 1.97 bits per heavy atom. The molecule has 1 aliphatic heterocycles. The fourth-order valence-electron chi connectivity index (χ4n) is 7.52. The van der Waals surface area contributed by atoms with Crippen molar-refractivity contribution in [2.45, 2.75) is 51.0 Å². The summed E-state index contributed by atoms with van der Waals surface area (Å²) in [4.78, 5) is 14.8. The molecule has 4 nitrogen and oxygen atoms in total. The van der Waals surface area contributed by atoms with Gasteiger partial charge in [-0.25, -0.2) is 4.79 Å². The fraction of sp³-hybridized carbons (Fsp3) is 0.519. The highest BCUT2D eigenvalue weighted by Gasteiger charge is 2.61. The van der Waals surface area contributed by atoms with Gasteiger partial charge in [-0.15, -0.1) is 0 Å². The first-order valence-corrected chi connectivity index (χ1v) is 11.8. The minimum atomic E-state index is -0.169. The lowest BCUT2D eigenvalue weighted by molar-refractivity contribution is -0.0461. The molecule has 0 spiro atoms. The number of methoxy groups -OCH3 is 1. The topological polar surface area (TPSA) is 38.8 Å². The van der Waals surface area contributed by atoms with Crippen LogP contribution in [0, 0.1) is 23.2 Å². The quantitative estimate of drug-likeness (QED) is 0.620. The van der Waals surface area contributed by atoms with Crippen LogP contribution in [0.4, 0.5) is 10.5 Å². The molecule has 0 aromatic heterocycles. The van der Waals surface area contributed by atoms with Crippen molar-refractivity contribution in [3.63, 3.8) is 0 Å². The molecule has 6 rings (SSSR count). The molecule has 1 amide bonds. The van der Waals surface area contributed by atoms with Crippen molar-refractivity contribution in [1.82, 2.24) is 0 Å². The molecule has 162 valence electrons. The van der Waals surface area contributed by atoms with Gasteiger partial charge in [0, 0.05) is 23.6 Å². The summed E-state index contributed by atoms with van der Waals surface area (Å²) in [7, 11) is 1.75. The Balaban J connectivity index is 1.29. The molecule has 0 N–H and O–H groups in total. The van der Waals surface area contributed by atoms with Crippen LogP contribution in [0.1, 0.15) is 49.7 Å². The summed E-state index contributed by atoms with van der Waals surface area (Å²) in [6, 6.07) is 16.7. The van der Waals surface area contributed by atoms with Crippen LogP contribution in [-0.2, 0) is 11.2 Å². The predicted octanol–water partition coefficient (Wildman–Crippen LogP) is 5.80. The van der Waals surface area contributed by atoms with Gasteiger partial charge in [-0.05, 0) is 85.3 Å². The Hall–Kier alpha value is -2.49. The maximum atomic E-state index is 13.0. The number of para-hydroxylation sites is 1. The first kappa shape index (κ1) is 19.2. The number of hydrogen-bond acceptors (Lipinski definition) is 3. The number of rotatable bonds is 2. The first-order valence-electron chi connectivity index (χ1n) is 11.8. The van der Waals surface area contributed by atoms with E-state index in [0.717, 1.165) is 30.8 Å². The summed E-state index contributed by atoms with van der Waals surface area (Å²) in [5, 5.41) is 0. The van der Waals surface area contributed by atoms with Crippen molar-refractivity contribution in [3.05, 3.63) is 59.7 Å². The number of carbonyl (C=O) groups is 1.